The normalized spacial score (nSPS) is 11.9. The van der Waals surface area contributed by atoms with Gasteiger partial charge in [0.05, 0.1) is 11.1 Å². The third-order valence-electron chi connectivity index (χ3n) is 4.09. The summed E-state index contributed by atoms with van der Waals surface area (Å²) in [6, 6.07) is 17.6. The number of hydrogen-bond donors (Lipinski definition) is 2. The Balaban J connectivity index is 1.83. The maximum absolute atomic E-state index is 12.4. The van der Waals surface area contributed by atoms with Gasteiger partial charge < -0.3 is 5.11 Å². The van der Waals surface area contributed by atoms with E-state index in [0.29, 0.717) is 5.56 Å². The standard InChI is InChI=1S/C20H20N2O3S/c1-2-5-15-8-11-17(12-9-15)26(24,25)22-21-14-19-18-7-4-3-6-16(18)10-13-20(19)23/h3-4,6-14,22-23H,2,5H2,1H3. The van der Waals surface area contributed by atoms with Crippen LogP contribution in [0.3, 0.4) is 0 Å². The zero-order valence-corrected chi connectivity index (χ0v) is 15.2. The molecular formula is C20H20N2O3S. The molecule has 0 bridgehead atoms. The maximum Gasteiger partial charge on any atom is 0.276 e. The van der Waals surface area contributed by atoms with Gasteiger partial charge in [-0.1, -0.05) is 55.8 Å². The summed E-state index contributed by atoms with van der Waals surface area (Å²) in [7, 11) is -3.76. The monoisotopic (exact) mass is 368 g/mol. The average Bonchev–Trinajstić information content (AvgIpc) is 2.64. The van der Waals surface area contributed by atoms with Crippen molar-refractivity contribution in [2.24, 2.45) is 5.10 Å². The third-order valence-corrected chi connectivity index (χ3v) is 5.33. The quantitative estimate of drug-likeness (QED) is 0.513. The molecule has 0 aliphatic rings. The van der Waals surface area contributed by atoms with Crippen LogP contribution in [0.4, 0.5) is 0 Å². The van der Waals surface area contributed by atoms with E-state index >= 15 is 0 Å². The first-order chi connectivity index (χ1) is 12.5. The Morgan fingerprint density at radius 2 is 1.77 bits per heavy atom. The van der Waals surface area contributed by atoms with E-state index in [1.807, 2.05) is 24.3 Å². The molecule has 3 aromatic carbocycles. The smallest absolute Gasteiger partial charge is 0.276 e. The summed E-state index contributed by atoms with van der Waals surface area (Å²) in [5, 5.41) is 15.6. The van der Waals surface area contributed by atoms with Gasteiger partial charge in [-0.05, 0) is 41.0 Å². The molecule has 0 aliphatic carbocycles. The van der Waals surface area contributed by atoms with Gasteiger partial charge in [-0.25, -0.2) is 4.83 Å². The second-order valence-corrected chi connectivity index (χ2v) is 7.63. The molecule has 0 saturated heterocycles. The number of phenols is 1. The van der Waals surface area contributed by atoms with Gasteiger partial charge in [0.1, 0.15) is 5.75 Å². The van der Waals surface area contributed by atoms with Crippen molar-refractivity contribution in [3.63, 3.8) is 0 Å². The summed E-state index contributed by atoms with van der Waals surface area (Å²) in [5.74, 6) is 0.0376. The van der Waals surface area contributed by atoms with E-state index < -0.39 is 10.0 Å². The summed E-state index contributed by atoms with van der Waals surface area (Å²) in [4.78, 5) is 2.35. The largest absolute Gasteiger partial charge is 0.507 e. The molecule has 5 nitrogen and oxygen atoms in total. The second kappa shape index (κ2) is 7.58. The van der Waals surface area contributed by atoms with Gasteiger partial charge in [-0.15, -0.1) is 0 Å². The lowest BCUT2D eigenvalue weighted by atomic mass is 10.0. The number of hydrogen-bond acceptors (Lipinski definition) is 4. The predicted molar refractivity (Wildman–Crippen MR) is 104 cm³/mol. The molecule has 3 aromatic rings. The number of fused-ring (bicyclic) bond motifs is 1. The Morgan fingerprint density at radius 3 is 2.50 bits per heavy atom. The molecule has 0 radical (unpaired) electrons. The van der Waals surface area contributed by atoms with Crippen molar-refractivity contribution in [1.29, 1.82) is 0 Å². The summed E-state index contributed by atoms with van der Waals surface area (Å²) in [6.07, 6.45) is 3.23. The SMILES string of the molecule is CCCc1ccc(S(=O)(=O)NN=Cc2c(O)ccc3ccccc23)cc1. The zero-order valence-electron chi connectivity index (χ0n) is 14.4. The molecule has 0 heterocycles. The Labute approximate surface area is 153 Å². The van der Waals surface area contributed by atoms with Crippen LogP contribution in [0.15, 0.2) is 70.7 Å². The van der Waals surface area contributed by atoms with Crippen molar-refractivity contribution in [2.75, 3.05) is 0 Å². The summed E-state index contributed by atoms with van der Waals surface area (Å²) >= 11 is 0. The van der Waals surface area contributed by atoms with Crippen molar-refractivity contribution in [3.8, 4) is 5.75 Å². The summed E-state index contributed by atoms with van der Waals surface area (Å²) in [5.41, 5.74) is 1.56. The minimum Gasteiger partial charge on any atom is -0.507 e. The van der Waals surface area contributed by atoms with E-state index in [-0.39, 0.29) is 10.6 Å². The molecular weight excluding hydrogens is 348 g/mol. The number of nitrogens with zero attached hydrogens (tertiary/aromatic N) is 1. The van der Waals surface area contributed by atoms with Gasteiger partial charge in [0.2, 0.25) is 0 Å². The highest BCUT2D eigenvalue weighted by molar-refractivity contribution is 7.89. The molecule has 3 rings (SSSR count). The van der Waals surface area contributed by atoms with Gasteiger partial charge in [0.15, 0.2) is 0 Å². The first-order valence-electron chi connectivity index (χ1n) is 8.36. The number of aryl methyl sites for hydroxylation is 1. The fraction of sp³-hybridized carbons (Fsp3) is 0.150. The highest BCUT2D eigenvalue weighted by atomic mass is 32.2. The van der Waals surface area contributed by atoms with Crippen molar-refractivity contribution in [1.82, 2.24) is 4.83 Å². The number of aromatic hydroxyl groups is 1. The molecule has 0 atom stereocenters. The van der Waals surface area contributed by atoms with Crippen molar-refractivity contribution in [3.05, 3.63) is 71.8 Å². The van der Waals surface area contributed by atoms with Gasteiger partial charge in [0, 0.05) is 5.56 Å². The average molecular weight is 368 g/mol. The van der Waals surface area contributed by atoms with Crippen molar-refractivity contribution in [2.45, 2.75) is 24.7 Å². The molecule has 0 aliphatic heterocycles. The van der Waals surface area contributed by atoms with Crippen LogP contribution < -0.4 is 4.83 Å². The van der Waals surface area contributed by atoms with Crippen molar-refractivity contribution >= 4 is 27.0 Å². The molecule has 0 aromatic heterocycles. The lowest BCUT2D eigenvalue weighted by molar-refractivity contribution is 0.475. The number of hydrazone groups is 1. The van der Waals surface area contributed by atoms with Crippen LogP contribution in [0.5, 0.6) is 5.75 Å². The molecule has 6 heteroatoms. The van der Waals surface area contributed by atoms with E-state index in [2.05, 4.69) is 16.9 Å². The van der Waals surface area contributed by atoms with Gasteiger partial charge in [0.25, 0.3) is 10.0 Å². The van der Waals surface area contributed by atoms with E-state index in [1.165, 1.54) is 6.21 Å². The Kier molecular flexibility index (Phi) is 5.23. The van der Waals surface area contributed by atoms with Crippen LogP contribution in [0, 0.1) is 0 Å². The van der Waals surface area contributed by atoms with Crippen LogP contribution in [0.2, 0.25) is 0 Å². The topological polar surface area (TPSA) is 78.8 Å². The van der Waals surface area contributed by atoms with Gasteiger partial charge in [-0.2, -0.15) is 13.5 Å². The molecule has 0 unspecified atom stereocenters. The fourth-order valence-corrected chi connectivity index (χ4v) is 3.55. The van der Waals surface area contributed by atoms with Gasteiger partial charge >= 0.3 is 0 Å². The number of rotatable bonds is 6. The molecule has 2 N–H and O–H groups in total. The van der Waals surface area contributed by atoms with Crippen molar-refractivity contribution < 1.29 is 13.5 Å². The predicted octanol–water partition coefficient (Wildman–Crippen LogP) is 3.81. The second-order valence-electron chi connectivity index (χ2n) is 5.97. The van der Waals surface area contributed by atoms with Crippen LogP contribution in [-0.4, -0.2) is 19.7 Å². The molecule has 0 spiro atoms. The molecule has 0 amide bonds. The lowest BCUT2D eigenvalue weighted by Gasteiger charge is -2.06. The number of benzene rings is 3. The number of nitrogens with one attached hydrogen (secondary N) is 1. The van der Waals surface area contributed by atoms with Crippen LogP contribution in [0.25, 0.3) is 10.8 Å². The van der Waals surface area contributed by atoms with E-state index in [0.717, 1.165) is 29.2 Å². The fourth-order valence-electron chi connectivity index (χ4n) is 2.76. The first-order valence-corrected chi connectivity index (χ1v) is 9.84. The lowest BCUT2D eigenvalue weighted by Crippen LogP contribution is -2.18. The summed E-state index contributed by atoms with van der Waals surface area (Å²) < 4.78 is 24.7. The Morgan fingerprint density at radius 1 is 1.04 bits per heavy atom. The van der Waals surface area contributed by atoms with Crippen LogP contribution >= 0.6 is 0 Å². The molecule has 0 saturated carbocycles. The van der Waals surface area contributed by atoms with Gasteiger partial charge in [-0.3, -0.25) is 0 Å². The molecule has 0 fully saturated rings. The van der Waals surface area contributed by atoms with E-state index in [9.17, 15) is 13.5 Å². The first kappa shape index (κ1) is 17.9. The van der Waals surface area contributed by atoms with E-state index in [4.69, 9.17) is 0 Å². The zero-order chi connectivity index (χ0) is 18.6. The highest BCUT2D eigenvalue weighted by Gasteiger charge is 2.12. The number of sulfonamides is 1. The Bertz CT molecular complexity index is 1040. The molecule has 26 heavy (non-hydrogen) atoms. The number of phenolic OH excluding ortho intramolecular Hbond substituents is 1. The summed E-state index contributed by atoms with van der Waals surface area (Å²) in [6.45, 7) is 2.07. The minimum atomic E-state index is -3.76. The minimum absolute atomic E-state index is 0.0376. The maximum atomic E-state index is 12.4. The molecule has 134 valence electrons. The third kappa shape index (κ3) is 3.86. The highest BCUT2D eigenvalue weighted by Crippen LogP contribution is 2.25. The van der Waals surface area contributed by atoms with Crippen LogP contribution in [0.1, 0.15) is 24.5 Å². The Hall–Kier alpha value is -2.86. The van der Waals surface area contributed by atoms with Crippen LogP contribution in [-0.2, 0) is 16.4 Å². The van der Waals surface area contributed by atoms with E-state index in [1.54, 1.807) is 36.4 Å².